The SMILES string of the molecule is C#CCCOc1ccc2c(c1)Oc1cc(OC(=O)CCNc3cc(N4CCc5ccccc5CC4)nc(-c4cccnc4)n3)ccc1C21OC(=O)c2ccccc21. The van der Waals surface area contributed by atoms with Crippen molar-refractivity contribution in [1.29, 1.82) is 0 Å². The third-order valence-electron chi connectivity index (χ3n) is 10.4. The molecule has 5 heterocycles. The lowest BCUT2D eigenvalue weighted by molar-refractivity contribution is -0.134. The van der Waals surface area contributed by atoms with Crippen LogP contribution in [0.4, 0.5) is 11.6 Å². The van der Waals surface area contributed by atoms with Gasteiger partial charge in [0.05, 0.1) is 18.6 Å². The van der Waals surface area contributed by atoms with E-state index in [4.69, 9.17) is 35.3 Å². The van der Waals surface area contributed by atoms with Crippen LogP contribution >= 0.6 is 0 Å². The second-order valence-corrected chi connectivity index (χ2v) is 13.9. The van der Waals surface area contributed by atoms with E-state index in [1.54, 1.807) is 54.9 Å². The smallest absolute Gasteiger partial charge is 0.340 e. The summed E-state index contributed by atoms with van der Waals surface area (Å²) in [6, 6.07) is 32.1. The van der Waals surface area contributed by atoms with E-state index in [2.05, 4.69) is 45.4 Å². The monoisotopic (exact) mass is 755 g/mol. The van der Waals surface area contributed by atoms with Crippen molar-refractivity contribution < 1.29 is 28.5 Å². The third-order valence-corrected chi connectivity index (χ3v) is 10.4. The molecule has 0 aliphatic carbocycles. The summed E-state index contributed by atoms with van der Waals surface area (Å²) in [5.74, 6) is 5.26. The van der Waals surface area contributed by atoms with Crippen molar-refractivity contribution in [2.24, 2.45) is 0 Å². The average molecular weight is 756 g/mol. The normalized spacial score (nSPS) is 16.1. The Kier molecular flexibility index (Phi) is 9.44. The Morgan fingerprint density at radius 3 is 2.35 bits per heavy atom. The van der Waals surface area contributed by atoms with Gasteiger partial charge in [-0.15, -0.1) is 12.3 Å². The van der Waals surface area contributed by atoms with E-state index >= 15 is 0 Å². The van der Waals surface area contributed by atoms with E-state index in [0.29, 0.717) is 64.2 Å². The topological polar surface area (TPSA) is 125 Å². The maximum atomic E-state index is 13.3. The number of esters is 2. The van der Waals surface area contributed by atoms with Gasteiger partial charge in [-0.1, -0.05) is 42.5 Å². The van der Waals surface area contributed by atoms with Gasteiger partial charge in [-0.2, -0.15) is 0 Å². The Morgan fingerprint density at radius 2 is 1.60 bits per heavy atom. The van der Waals surface area contributed by atoms with Gasteiger partial charge < -0.3 is 29.2 Å². The predicted molar refractivity (Wildman–Crippen MR) is 214 cm³/mol. The number of terminal acetylenes is 1. The summed E-state index contributed by atoms with van der Waals surface area (Å²) in [4.78, 5) is 42.8. The highest BCUT2D eigenvalue weighted by molar-refractivity contribution is 5.97. The first kappa shape index (κ1) is 35.5. The molecule has 0 bridgehead atoms. The molecule has 0 saturated heterocycles. The molecule has 2 aromatic heterocycles. The summed E-state index contributed by atoms with van der Waals surface area (Å²) in [7, 11) is 0. The summed E-state index contributed by atoms with van der Waals surface area (Å²) in [5, 5.41) is 3.32. The molecule has 3 aliphatic heterocycles. The second-order valence-electron chi connectivity index (χ2n) is 13.9. The Labute approximate surface area is 329 Å². The van der Waals surface area contributed by atoms with Crippen molar-refractivity contribution >= 4 is 23.6 Å². The minimum absolute atomic E-state index is 0.0502. The van der Waals surface area contributed by atoms with Crippen molar-refractivity contribution in [2.75, 3.05) is 36.5 Å². The first-order valence-electron chi connectivity index (χ1n) is 18.9. The number of anilines is 2. The minimum Gasteiger partial charge on any atom is -0.492 e. The number of hydrogen-bond acceptors (Lipinski definition) is 11. The van der Waals surface area contributed by atoms with Gasteiger partial charge in [0.15, 0.2) is 11.4 Å². The fraction of sp³-hybridized carbons (Fsp3) is 0.196. The van der Waals surface area contributed by atoms with Crippen molar-refractivity contribution in [3.05, 3.63) is 149 Å². The minimum atomic E-state index is -1.28. The molecule has 1 spiro atoms. The number of pyridine rings is 1. The van der Waals surface area contributed by atoms with Gasteiger partial charge in [-0.05, 0) is 66.4 Å². The van der Waals surface area contributed by atoms with E-state index in [9.17, 15) is 9.59 Å². The Bertz CT molecular complexity index is 2530. The van der Waals surface area contributed by atoms with Gasteiger partial charge in [0, 0.05) is 78.9 Å². The highest BCUT2D eigenvalue weighted by Gasteiger charge is 2.53. The number of nitrogens with zero attached hydrogens (tertiary/aromatic N) is 4. The first-order chi connectivity index (χ1) is 28.0. The van der Waals surface area contributed by atoms with Gasteiger partial charge in [-0.25, -0.2) is 14.8 Å². The summed E-state index contributed by atoms with van der Waals surface area (Å²) >= 11 is 0. The molecule has 0 saturated carbocycles. The molecule has 282 valence electrons. The number of benzene rings is 4. The highest BCUT2D eigenvalue weighted by Crippen LogP contribution is 2.57. The number of nitrogens with one attached hydrogen (secondary N) is 1. The van der Waals surface area contributed by atoms with Gasteiger partial charge in [0.2, 0.25) is 0 Å². The molecule has 3 aliphatic rings. The summed E-state index contributed by atoms with van der Waals surface area (Å²) in [6.07, 6.45) is 11.2. The van der Waals surface area contributed by atoms with Gasteiger partial charge >= 0.3 is 11.9 Å². The molecule has 1 atom stereocenters. The molecule has 0 amide bonds. The number of ether oxygens (including phenoxy) is 4. The van der Waals surface area contributed by atoms with Crippen molar-refractivity contribution in [3.63, 3.8) is 0 Å². The Morgan fingerprint density at radius 1 is 0.860 bits per heavy atom. The molecule has 57 heavy (non-hydrogen) atoms. The zero-order chi connectivity index (χ0) is 38.8. The van der Waals surface area contributed by atoms with E-state index in [0.717, 1.165) is 37.3 Å². The second kappa shape index (κ2) is 15.2. The molecule has 11 heteroatoms. The highest BCUT2D eigenvalue weighted by atomic mass is 16.6. The predicted octanol–water partition coefficient (Wildman–Crippen LogP) is 7.52. The van der Waals surface area contributed by atoms with Crippen LogP contribution in [0.25, 0.3) is 11.4 Å². The van der Waals surface area contributed by atoms with Crippen LogP contribution in [-0.4, -0.2) is 53.1 Å². The van der Waals surface area contributed by atoms with E-state index in [-0.39, 0.29) is 18.7 Å². The van der Waals surface area contributed by atoms with Crippen LogP contribution in [0, 0.1) is 12.3 Å². The number of rotatable bonds is 10. The third kappa shape index (κ3) is 6.87. The van der Waals surface area contributed by atoms with E-state index in [1.165, 1.54) is 11.1 Å². The molecular formula is C46H37N5O6. The molecule has 0 fully saturated rings. The summed E-state index contributed by atoms with van der Waals surface area (Å²) in [5.41, 5.74) is 4.65. The fourth-order valence-corrected chi connectivity index (χ4v) is 7.70. The molecule has 1 N–H and O–H groups in total. The number of aromatic nitrogens is 3. The largest absolute Gasteiger partial charge is 0.492 e. The van der Waals surface area contributed by atoms with Crippen LogP contribution in [0.3, 0.4) is 0 Å². The van der Waals surface area contributed by atoms with Gasteiger partial charge in [0.25, 0.3) is 0 Å². The van der Waals surface area contributed by atoms with E-state index < -0.39 is 17.5 Å². The summed E-state index contributed by atoms with van der Waals surface area (Å²) in [6.45, 7) is 2.24. The maximum Gasteiger partial charge on any atom is 0.340 e. The number of fused-ring (bicyclic) bond motifs is 7. The fourth-order valence-electron chi connectivity index (χ4n) is 7.70. The Hall–Kier alpha value is -7.19. The van der Waals surface area contributed by atoms with Crippen LogP contribution in [0.5, 0.6) is 23.0 Å². The average Bonchev–Trinajstić information content (AvgIpc) is 3.36. The molecular weight excluding hydrogens is 719 g/mol. The van der Waals surface area contributed by atoms with Crippen molar-refractivity contribution in [2.45, 2.75) is 31.3 Å². The van der Waals surface area contributed by atoms with E-state index in [1.807, 2.05) is 36.4 Å². The molecule has 11 nitrogen and oxygen atoms in total. The van der Waals surface area contributed by atoms with Crippen LogP contribution in [-0.2, 0) is 28.0 Å². The zero-order valence-corrected chi connectivity index (χ0v) is 30.9. The summed E-state index contributed by atoms with van der Waals surface area (Å²) < 4.78 is 24.4. The molecule has 9 rings (SSSR count). The lowest BCUT2D eigenvalue weighted by atomic mass is 9.77. The number of hydrogen-bond donors (Lipinski definition) is 1. The molecule has 6 aromatic rings. The van der Waals surface area contributed by atoms with Crippen LogP contribution < -0.4 is 24.4 Å². The first-order valence-corrected chi connectivity index (χ1v) is 18.9. The molecule has 0 radical (unpaired) electrons. The van der Waals surface area contributed by atoms with Gasteiger partial charge in [-0.3, -0.25) is 9.78 Å². The molecule has 1 unspecified atom stereocenters. The lowest BCUT2D eigenvalue weighted by Gasteiger charge is -2.36. The zero-order valence-electron chi connectivity index (χ0n) is 30.9. The van der Waals surface area contributed by atoms with Crippen LogP contribution in [0.2, 0.25) is 0 Å². The Balaban J connectivity index is 0.931. The number of carbonyl (C=O) groups is 2. The molecule has 4 aromatic carbocycles. The van der Waals surface area contributed by atoms with Crippen LogP contribution in [0.1, 0.15) is 51.0 Å². The standard InChI is InChI=1S/C46H37N5O6/c1-2-3-25-54-33-14-16-37-39(26-33)56-40-27-34(15-17-38(40)46(37)36-13-7-6-12-35(36)45(53)57-46)55-43(52)18-22-48-41-28-42(50-44(49-41)32-11-8-21-47-29-32)51-23-19-30-9-4-5-10-31(30)20-24-51/h1,4-17,21,26-29H,3,18-20,22-25H2,(H,48,49,50). The quantitative estimate of drug-likeness (QED) is 0.0646. The van der Waals surface area contributed by atoms with Gasteiger partial charge in [0.1, 0.15) is 34.6 Å². The van der Waals surface area contributed by atoms with Crippen molar-refractivity contribution in [1.82, 2.24) is 15.0 Å². The lowest BCUT2D eigenvalue weighted by Crippen LogP contribution is -2.33. The van der Waals surface area contributed by atoms with Crippen molar-refractivity contribution in [3.8, 4) is 46.7 Å². The maximum absolute atomic E-state index is 13.3. The van der Waals surface area contributed by atoms with Crippen LogP contribution in [0.15, 0.2) is 116 Å². The number of carbonyl (C=O) groups excluding carboxylic acids is 2.